The van der Waals surface area contributed by atoms with Gasteiger partial charge in [-0.1, -0.05) is 25.6 Å². The molecule has 2 heterocycles. The van der Waals surface area contributed by atoms with Crippen molar-refractivity contribution in [1.29, 1.82) is 0 Å². The highest BCUT2D eigenvalue weighted by molar-refractivity contribution is 7.99. The number of aryl methyl sites for hydroxylation is 1. The molecule has 2 aromatic heterocycles. The van der Waals surface area contributed by atoms with Gasteiger partial charge in [0.15, 0.2) is 5.16 Å². The molecule has 0 unspecified atom stereocenters. The zero-order chi connectivity index (χ0) is 19.6. The van der Waals surface area contributed by atoms with Crippen LogP contribution in [-0.4, -0.2) is 26.2 Å². The van der Waals surface area contributed by atoms with E-state index < -0.39 is 0 Å². The van der Waals surface area contributed by atoms with Crippen LogP contribution in [0.3, 0.4) is 0 Å². The van der Waals surface area contributed by atoms with Gasteiger partial charge in [0, 0.05) is 17.9 Å². The quantitative estimate of drug-likeness (QED) is 0.500. The largest absolute Gasteiger partial charge is 0.353 e. The van der Waals surface area contributed by atoms with E-state index in [4.69, 9.17) is 0 Å². The number of rotatable bonds is 6. The third kappa shape index (κ3) is 4.57. The highest BCUT2D eigenvalue weighted by Crippen LogP contribution is 2.20. The van der Waals surface area contributed by atoms with Gasteiger partial charge in [-0.25, -0.2) is 9.37 Å². The molecule has 1 aromatic carbocycles. The van der Waals surface area contributed by atoms with E-state index in [2.05, 4.69) is 15.3 Å². The molecular formula is C19H21FN4O2S. The van der Waals surface area contributed by atoms with E-state index in [0.29, 0.717) is 28.4 Å². The standard InChI is InChI=1S/C19H21FN4O2S/c1-11(2)9-24-18(26)17-15(8-12(3)21-17)23-19(24)27-10-16(25)22-14-6-4-13(20)5-7-14/h4-8,11,21H,9-10H2,1-3H3,(H,22,25). The monoisotopic (exact) mass is 388 g/mol. The predicted octanol–water partition coefficient (Wildman–Crippen LogP) is 3.56. The van der Waals surface area contributed by atoms with Gasteiger partial charge in [0.1, 0.15) is 11.3 Å². The molecule has 0 aliphatic heterocycles. The molecular weight excluding hydrogens is 367 g/mol. The first-order valence-corrected chi connectivity index (χ1v) is 9.60. The van der Waals surface area contributed by atoms with E-state index >= 15 is 0 Å². The van der Waals surface area contributed by atoms with E-state index in [0.717, 1.165) is 5.69 Å². The lowest BCUT2D eigenvalue weighted by molar-refractivity contribution is -0.113. The smallest absolute Gasteiger partial charge is 0.278 e. The molecule has 1 amide bonds. The first-order valence-electron chi connectivity index (χ1n) is 8.62. The molecule has 0 atom stereocenters. The van der Waals surface area contributed by atoms with Crippen LogP contribution in [0.25, 0.3) is 11.0 Å². The Morgan fingerprint density at radius 2 is 2.04 bits per heavy atom. The fourth-order valence-corrected chi connectivity index (χ4v) is 3.52. The number of H-pyrrole nitrogens is 1. The Labute approximate surface area is 160 Å². The first-order chi connectivity index (χ1) is 12.8. The van der Waals surface area contributed by atoms with Crippen LogP contribution >= 0.6 is 11.8 Å². The second-order valence-electron chi connectivity index (χ2n) is 6.76. The van der Waals surface area contributed by atoms with Gasteiger partial charge in [-0.3, -0.25) is 14.2 Å². The lowest BCUT2D eigenvalue weighted by Crippen LogP contribution is -2.26. The Morgan fingerprint density at radius 3 is 2.70 bits per heavy atom. The molecule has 0 saturated heterocycles. The minimum absolute atomic E-state index is 0.0941. The molecule has 3 aromatic rings. The van der Waals surface area contributed by atoms with Crippen LogP contribution in [0.2, 0.25) is 0 Å². The minimum Gasteiger partial charge on any atom is -0.353 e. The van der Waals surface area contributed by atoms with Crippen molar-refractivity contribution in [3.05, 3.63) is 52.2 Å². The predicted molar refractivity (Wildman–Crippen MR) is 106 cm³/mol. The molecule has 3 rings (SSSR count). The van der Waals surface area contributed by atoms with Crippen molar-refractivity contribution in [2.45, 2.75) is 32.5 Å². The summed E-state index contributed by atoms with van der Waals surface area (Å²) in [5.74, 6) is -0.260. The second kappa shape index (κ2) is 7.96. The third-order valence-corrected chi connectivity index (χ3v) is 4.82. The molecule has 27 heavy (non-hydrogen) atoms. The number of thioether (sulfide) groups is 1. The van der Waals surface area contributed by atoms with Gasteiger partial charge in [0.05, 0.1) is 11.3 Å². The summed E-state index contributed by atoms with van der Waals surface area (Å²) in [6.07, 6.45) is 0. The highest BCUT2D eigenvalue weighted by Gasteiger charge is 2.15. The number of carbonyl (C=O) groups is 1. The summed E-state index contributed by atoms with van der Waals surface area (Å²) in [6.45, 7) is 6.43. The van der Waals surface area contributed by atoms with Crippen LogP contribution in [0.4, 0.5) is 10.1 Å². The maximum absolute atomic E-state index is 12.9. The van der Waals surface area contributed by atoms with Crippen molar-refractivity contribution < 1.29 is 9.18 Å². The normalized spacial score (nSPS) is 11.3. The summed E-state index contributed by atoms with van der Waals surface area (Å²) in [6, 6.07) is 7.39. The van der Waals surface area contributed by atoms with E-state index in [1.165, 1.54) is 36.0 Å². The molecule has 0 aliphatic rings. The molecule has 2 N–H and O–H groups in total. The van der Waals surface area contributed by atoms with Crippen molar-refractivity contribution in [2.75, 3.05) is 11.1 Å². The summed E-state index contributed by atoms with van der Waals surface area (Å²) in [7, 11) is 0. The van der Waals surface area contributed by atoms with Crippen LogP contribution in [0, 0.1) is 18.7 Å². The SMILES string of the molecule is Cc1cc2nc(SCC(=O)Nc3ccc(F)cc3)n(CC(C)C)c(=O)c2[nH]1. The topological polar surface area (TPSA) is 79.8 Å². The molecule has 6 nitrogen and oxygen atoms in total. The number of carbonyl (C=O) groups excluding carboxylic acids is 1. The average Bonchev–Trinajstić information content (AvgIpc) is 2.98. The molecule has 0 saturated carbocycles. The molecule has 0 bridgehead atoms. The maximum atomic E-state index is 12.9. The van der Waals surface area contributed by atoms with Crippen LogP contribution < -0.4 is 10.9 Å². The number of hydrogen-bond acceptors (Lipinski definition) is 4. The van der Waals surface area contributed by atoms with Crippen molar-refractivity contribution in [3.8, 4) is 0 Å². The molecule has 0 radical (unpaired) electrons. The van der Waals surface area contributed by atoms with E-state index in [1.54, 1.807) is 4.57 Å². The van der Waals surface area contributed by atoms with E-state index in [9.17, 15) is 14.0 Å². The van der Waals surface area contributed by atoms with Crippen LogP contribution in [-0.2, 0) is 11.3 Å². The molecule has 0 spiro atoms. The van der Waals surface area contributed by atoms with Gasteiger partial charge < -0.3 is 10.3 Å². The number of aromatic amines is 1. The Bertz CT molecular complexity index is 1020. The number of halogens is 1. The highest BCUT2D eigenvalue weighted by atomic mass is 32.2. The molecule has 0 aliphatic carbocycles. The lowest BCUT2D eigenvalue weighted by Gasteiger charge is -2.13. The Morgan fingerprint density at radius 1 is 1.33 bits per heavy atom. The zero-order valence-electron chi connectivity index (χ0n) is 15.4. The number of hydrogen-bond donors (Lipinski definition) is 2. The zero-order valence-corrected chi connectivity index (χ0v) is 16.2. The van der Waals surface area contributed by atoms with Crippen LogP contribution in [0.1, 0.15) is 19.5 Å². The van der Waals surface area contributed by atoms with Crippen molar-refractivity contribution in [2.24, 2.45) is 5.92 Å². The number of anilines is 1. The fraction of sp³-hybridized carbons (Fsp3) is 0.316. The van der Waals surface area contributed by atoms with Gasteiger partial charge in [-0.05, 0) is 43.2 Å². The number of nitrogens with zero attached hydrogens (tertiary/aromatic N) is 2. The molecule has 0 fully saturated rings. The van der Waals surface area contributed by atoms with Gasteiger partial charge >= 0.3 is 0 Å². The number of aromatic nitrogens is 3. The number of amides is 1. The summed E-state index contributed by atoms with van der Waals surface area (Å²) in [5, 5.41) is 3.22. The second-order valence-corrected chi connectivity index (χ2v) is 7.70. The van der Waals surface area contributed by atoms with Crippen LogP contribution in [0.15, 0.2) is 40.3 Å². The average molecular weight is 388 g/mol. The van der Waals surface area contributed by atoms with Gasteiger partial charge in [-0.2, -0.15) is 0 Å². The number of fused-ring (bicyclic) bond motifs is 1. The van der Waals surface area contributed by atoms with E-state index in [-0.39, 0.29) is 29.0 Å². The summed E-state index contributed by atoms with van der Waals surface area (Å²) >= 11 is 1.21. The molecule has 142 valence electrons. The first kappa shape index (κ1) is 19.2. The van der Waals surface area contributed by atoms with Crippen molar-refractivity contribution in [1.82, 2.24) is 14.5 Å². The Kier molecular flexibility index (Phi) is 5.65. The van der Waals surface area contributed by atoms with Gasteiger partial charge in [0.25, 0.3) is 5.56 Å². The van der Waals surface area contributed by atoms with Crippen molar-refractivity contribution in [3.63, 3.8) is 0 Å². The summed E-state index contributed by atoms with van der Waals surface area (Å²) < 4.78 is 14.6. The van der Waals surface area contributed by atoms with Gasteiger partial charge in [0.2, 0.25) is 5.91 Å². The van der Waals surface area contributed by atoms with E-state index in [1.807, 2.05) is 26.8 Å². The summed E-state index contributed by atoms with van der Waals surface area (Å²) in [5.41, 5.74) is 2.32. The Balaban J connectivity index is 1.81. The van der Waals surface area contributed by atoms with Crippen molar-refractivity contribution >= 4 is 34.4 Å². The lowest BCUT2D eigenvalue weighted by atomic mass is 10.2. The Hall–Kier alpha value is -2.61. The third-order valence-electron chi connectivity index (χ3n) is 3.85. The minimum atomic E-state index is -0.362. The maximum Gasteiger partial charge on any atom is 0.278 e. The molecule has 8 heteroatoms. The number of benzene rings is 1. The van der Waals surface area contributed by atoms with Gasteiger partial charge in [-0.15, -0.1) is 0 Å². The number of nitrogens with one attached hydrogen (secondary N) is 2. The van der Waals surface area contributed by atoms with Crippen LogP contribution in [0.5, 0.6) is 0 Å². The summed E-state index contributed by atoms with van der Waals surface area (Å²) in [4.78, 5) is 32.6. The fourth-order valence-electron chi connectivity index (χ4n) is 2.71.